The number of anilines is 1. The second kappa shape index (κ2) is 7.55. The number of nitro groups is 1. The highest BCUT2D eigenvalue weighted by molar-refractivity contribution is 7.98. The summed E-state index contributed by atoms with van der Waals surface area (Å²) in [6.45, 7) is 0. The van der Waals surface area contributed by atoms with Crippen LogP contribution in [0.5, 0.6) is 0 Å². The molecule has 27 heavy (non-hydrogen) atoms. The third kappa shape index (κ3) is 4.21. The summed E-state index contributed by atoms with van der Waals surface area (Å²) in [5.74, 6) is 0.199. The van der Waals surface area contributed by atoms with Crippen LogP contribution in [-0.2, 0) is 15.8 Å². The van der Waals surface area contributed by atoms with Gasteiger partial charge in [0, 0.05) is 22.9 Å². The average molecular weight is 426 g/mol. The van der Waals surface area contributed by atoms with Gasteiger partial charge in [-0.1, -0.05) is 35.5 Å². The van der Waals surface area contributed by atoms with E-state index in [1.54, 1.807) is 12.1 Å². The Morgan fingerprint density at radius 2 is 1.78 bits per heavy atom. The molecular weight excluding hydrogens is 414 g/mol. The first-order chi connectivity index (χ1) is 12.8. The lowest BCUT2D eigenvalue weighted by molar-refractivity contribution is -0.384. The molecule has 2 N–H and O–H groups in total. The predicted molar refractivity (Wildman–Crippen MR) is 101 cm³/mol. The van der Waals surface area contributed by atoms with Crippen molar-refractivity contribution in [1.29, 1.82) is 0 Å². The highest BCUT2D eigenvalue weighted by Gasteiger charge is 2.23. The fourth-order valence-electron chi connectivity index (χ4n) is 2.10. The van der Waals surface area contributed by atoms with Gasteiger partial charge in [-0.15, -0.1) is 9.19 Å². The summed E-state index contributed by atoms with van der Waals surface area (Å²) in [4.78, 5) is 13.9. The number of hydrogen-bond acceptors (Lipinski definition) is 8. The molecule has 0 unspecified atom stereocenters. The highest BCUT2D eigenvalue weighted by Crippen LogP contribution is 2.24. The van der Waals surface area contributed by atoms with E-state index in [0.29, 0.717) is 14.9 Å². The first-order valence-electron chi connectivity index (χ1n) is 7.37. The molecule has 0 aliphatic rings. The fourth-order valence-corrected chi connectivity index (χ4v) is 4.21. The van der Waals surface area contributed by atoms with Crippen LogP contribution >= 0.6 is 23.4 Å². The van der Waals surface area contributed by atoms with Crippen molar-refractivity contribution in [3.63, 3.8) is 0 Å². The molecular formula is C15H12ClN5O4S2. The molecule has 0 amide bonds. The zero-order valence-corrected chi connectivity index (χ0v) is 15.9. The van der Waals surface area contributed by atoms with Gasteiger partial charge in [0.1, 0.15) is 0 Å². The van der Waals surface area contributed by atoms with Crippen LogP contribution in [0.25, 0.3) is 0 Å². The lowest BCUT2D eigenvalue weighted by atomic mass is 10.2. The van der Waals surface area contributed by atoms with E-state index in [0.717, 1.165) is 29.8 Å². The van der Waals surface area contributed by atoms with Gasteiger partial charge in [0.2, 0.25) is 11.1 Å². The topological polar surface area (TPSA) is 134 Å². The molecule has 140 valence electrons. The molecule has 0 fully saturated rings. The minimum absolute atomic E-state index is 0.182. The van der Waals surface area contributed by atoms with Gasteiger partial charge in [-0.05, 0) is 29.8 Å². The van der Waals surface area contributed by atoms with Crippen molar-refractivity contribution in [2.75, 3.05) is 5.73 Å². The van der Waals surface area contributed by atoms with Crippen LogP contribution in [0.1, 0.15) is 5.56 Å². The molecule has 0 bridgehead atoms. The van der Waals surface area contributed by atoms with Crippen LogP contribution in [0.15, 0.2) is 58.6 Å². The molecule has 0 saturated carbocycles. The van der Waals surface area contributed by atoms with Gasteiger partial charge in [0.25, 0.3) is 15.7 Å². The molecule has 0 aliphatic heterocycles. The standard InChI is InChI=1S/C15H12ClN5O4S2/c16-11-3-1-10(2-4-11)9-26-15-18-14(17)20(19-15)27(24,25)13-7-5-12(6-8-13)21(22)23/h1-8H,9H2,(H2,17,18,19). The number of halogens is 1. The van der Waals surface area contributed by atoms with E-state index in [1.807, 2.05) is 12.1 Å². The number of hydrogen-bond donors (Lipinski definition) is 1. The average Bonchev–Trinajstić information content (AvgIpc) is 3.03. The first kappa shape index (κ1) is 19.1. The largest absolute Gasteiger partial charge is 0.367 e. The fraction of sp³-hybridized carbons (Fsp3) is 0.0667. The Kier molecular flexibility index (Phi) is 5.35. The Morgan fingerprint density at radius 3 is 2.37 bits per heavy atom. The van der Waals surface area contributed by atoms with Crippen molar-refractivity contribution in [1.82, 2.24) is 14.2 Å². The predicted octanol–water partition coefficient (Wildman–Crippen LogP) is 2.95. The molecule has 1 aromatic heterocycles. The first-order valence-corrected chi connectivity index (χ1v) is 10.2. The minimum Gasteiger partial charge on any atom is -0.367 e. The molecule has 0 saturated heterocycles. The van der Waals surface area contributed by atoms with Gasteiger partial charge in [-0.2, -0.15) is 13.4 Å². The van der Waals surface area contributed by atoms with E-state index >= 15 is 0 Å². The number of nitro benzene ring substituents is 1. The molecule has 0 radical (unpaired) electrons. The van der Waals surface area contributed by atoms with Gasteiger partial charge in [0.05, 0.1) is 9.82 Å². The maximum Gasteiger partial charge on any atom is 0.286 e. The van der Waals surface area contributed by atoms with E-state index in [9.17, 15) is 18.5 Å². The number of aromatic nitrogens is 3. The Balaban J connectivity index is 1.82. The quantitative estimate of drug-likeness (QED) is 0.362. The summed E-state index contributed by atoms with van der Waals surface area (Å²) in [6.07, 6.45) is 0. The van der Waals surface area contributed by atoms with Gasteiger partial charge < -0.3 is 5.73 Å². The minimum atomic E-state index is -4.12. The number of benzene rings is 2. The smallest absolute Gasteiger partial charge is 0.286 e. The van der Waals surface area contributed by atoms with Crippen molar-refractivity contribution in [2.24, 2.45) is 0 Å². The monoisotopic (exact) mass is 425 g/mol. The number of rotatable bonds is 6. The van der Waals surface area contributed by atoms with Gasteiger partial charge in [-0.3, -0.25) is 10.1 Å². The maximum atomic E-state index is 12.6. The van der Waals surface area contributed by atoms with Crippen LogP contribution in [0, 0.1) is 10.1 Å². The summed E-state index contributed by atoms with van der Waals surface area (Å²) in [7, 11) is -4.12. The third-order valence-electron chi connectivity index (χ3n) is 3.44. The van der Waals surface area contributed by atoms with E-state index in [2.05, 4.69) is 10.1 Å². The van der Waals surface area contributed by atoms with Crippen LogP contribution < -0.4 is 5.73 Å². The van der Waals surface area contributed by atoms with E-state index in [-0.39, 0.29) is 21.7 Å². The summed E-state index contributed by atoms with van der Waals surface area (Å²) in [5.41, 5.74) is 6.44. The Morgan fingerprint density at radius 1 is 1.15 bits per heavy atom. The maximum absolute atomic E-state index is 12.6. The number of nitrogens with zero attached hydrogens (tertiary/aromatic N) is 4. The zero-order valence-electron chi connectivity index (χ0n) is 13.5. The second-order valence-electron chi connectivity index (χ2n) is 5.27. The molecule has 0 spiro atoms. The number of non-ortho nitro benzene ring substituents is 1. The summed E-state index contributed by atoms with van der Waals surface area (Å²) >= 11 is 7.05. The molecule has 3 rings (SSSR count). The molecule has 2 aromatic carbocycles. The van der Waals surface area contributed by atoms with E-state index in [1.165, 1.54) is 11.8 Å². The number of thioether (sulfide) groups is 1. The van der Waals surface area contributed by atoms with Crippen LogP contribution in [0.2, 0.25) is 5.02 Å². The van der Waals surface area contributed by atoms with Crippen molar-refractivity contribution < 1.29 is 13.3 Å². The molecule has 0 atom stereocenters. The Hall–Kier alpha value is -2.63. The van der Waals surface area contributed by atoms with E-state index in [4.69, 9.17) is 17.3 Å². The Bertz CT molecular complexity index is 1080. The lowest BCUT2D eigenvalue weighted by Gasteiger charge is -2.04. The van der Waals surface area contributed by atoms with Crippen molar-refractivity contribution in [3.05, 3.63) is 69.2 Å². The van der Waals surface area contributed by atoms with E-state index < -0.39 is 14.9 Å². The van der Waals surface area contributed by atoms with Crippen LogP contribution in [0.4, 0.5) is 11.6 Å². The van der Waals surface area contributed by atoms with Crippen molar-refractivity contribution >= 4 is 45.0 Å². The SMILES string of the molecule is Nc1nc(SCc2ccc(Cl)cc2)nn1S(=O)(=O)c1ccc([N+](=O)[O-])cc1. The molecule has 1 heterocycles. The lowest BCUT2D eigenvalue weighted by Crippen LogP contribution is -2.17. The van der Waals surface area contributed by atoms with Gasteiger partial charge >= 0.3 is 0 Å². The van der Waals surface area contributed by atoms with Crippen molar-refractivity contribution in [3.8, 4) is 0 Å². The molecule has 3 aromatic rings. The highest BCUT2D eigenvalue weighted by atomic mass is 35.5. The van der Waals surface area contributed by atoms with Crippen molar-refractivity contribution in [2.45, 2.75) is 15.8 Å². The normalized spacial score (nSPS) is 11.4. The second-order valence-corrected chi connectivity index (χ2v) is 8.41. The van der Waals surface area contributed by atoms with Gasteiger partial charge in [0.15, 0.2) is 0 Å². The zero-order chi connectivity index (χ0) is 19.6. The Labute approximate surface area is 163 Å². The van der Waals surface area contributed by atoms with Gasteiger partial charge in [-0.25, -0.2) is 0 Å². The summed E-state index contributed by atoms with van der Waals surface area (Å²) in [5, 5.41) is 15.4. The molecule has 9 nitrogen and oxygen atoms in total. The third-order valence-corrected chi connectivity index (χ3v) is 6.19. The van der Waals surface area contributed by atoms with Crippen LogP contribution in [0.3, 0.4) is 0 Å². The summed E-state index contributed by atoms with van der Waals surface area (Å²) in [6, 6.07) is 11.6. The molecule has 12 heteroatoms. The molecule has 0 aliphatic carbocycles. The van der Waals surface area contributed by atoms with Crippen LogP contribution in [-0.4, -0.2) is 27.5 Å². The summed E-state index contributed by atoms with van der Waals surface area (Å²) < 4.78 is 25.9. The number of nitrogen functional groups attached to an aromatic ring is 1. The number of nitrogens with two attached hydrogens (primary N) is 1.